The SMILES string of the molecule is COc1ccc(CCNC(=O)CCc2ccc(-c3ccc(Cl)cc3)n2-c2ccc(OC)cc2)cc1. The van der Waals surface area contributed by atoms with Gasteiger partial charge >= 0.3 is 0 Å². The molecule has 0 fully saturated rings. The monoisotopic (exact) mass is 488 g/mol. The van der Waals surface area contributed by atoms with Crippen LogP contribution in [0.4, 0.5) is 0 Å². The number of nitrogens with one attached hydrogen (secondary N) is 1. The summed E-state index contributed by atoms with van der Waals surface area (Å²) >= 11 is 6.10. The summed E-state index contributed by atoms with van der Waals surface area (Å²) in [6, 6.07) is 27.8. The van der Waals surface area contributed by atoms with Gasteiger partial charge in [0, 0.05) is 29.4 Å². The number of ether oxygens (including phenoxy) is 2. The average Bonchev–Trinajstić information content (AvgIpc) is 3.32. The van der Waals surface area contributed by atoms with Gasteiger partial charge in [-0.15, -0.1) is 0 Å². The number of nitrogens with zero attached hydrogens (tertiary/aromatic N) is 1. The fourth-order valence-electron chi connectivity index (χ4n) is 4.02. The fraction of sp³-hybridized carbons (Fsp3) is 0.207. The first-order valence-corrected chi connectivity index (χ1v) is 12.0. The molecule has 4 rings (SSSR count). The highest BCUT2D eigenvalue weighted by atomic mass is 35.5. The molecule has 0 aliphatic carbocycles. The summed E-state index contributed by atoms with van der Waals surface area (Å²) in [6.45, 7) is 0.598. The van der Waals surface area contributed by atoms with E-state index >= 15 is 0 Å². The van der Waals surface area contributed by atoms with Crippen molar-refractivity contribution in [2.45, 2.75) is 19.3 Å². The van der Waals surface area contributed by atoms with Crippen LogP contribution in [-0.4, -0.2) is 31.2 Å². The molecule has 5 nitrogen and oxygen atoms in total. The quantitative estimate of drug-likeness (QED) is 0.293. The predicted octanol–water partition coefficient (Wildman–Crippen LogP) is 6.11. The van der Waals surface area contributed by atoms with Gasteiger partial charge in [-0.1, -0.05) is 35.9 Å². The minimum atomic E-state index is 0.0361. The van der Waals surface area contributed by atoms with Crippen molar-refractivity contribution in [1.29, 1.82) is 0 Å². The second kappa shape index (κ2) is 11.6. The van der Waals surface area contributed by atoms with E-state index in [1.54, 1.807) is 14.2 Å². The van der Waals surface area contributed by atoms with Crippen molar-refractivity contribution in [3.05, 3.63) is 101 Å². The molecule has 3 aromatic carbocycles. The van der Waals surface area contributed by atoms with E-state index in [-0.39, 0.29) is 5.91 Å². The second-order valence-electron chi connectivity index (χ2n) is 8.20. The van der Waals surface area contributed by atoms with Gasteiger partial charge in [-0.3, -0.25) is 4.79 Å². The van der Waals surface area contributed by atoms with Crippen LogP contribution >= 0.6 is 11.6 Å². The molecule has 6 heteroatoms. The van der Waals surface area contributed by atoms with Gasteiger partial charge in [0.15, 0.2) is 0 Å². The topological polar surface area (TPSA) is 52.5 Å². The first kappa shape index (κ1) is 24.4. The average molecular weight is 489 g/mol. The number of halogens is 1. The number of amides is 1. The number of hydrogen-bond acceptors (Lipinski definition) is 3. The van der Waals surface area contributed by atoms with Crippen LogP contribution in [0, 0.1) is 0 Å². The van der Waals surface area contributed by atoms with Crippen molar-refractivity contribution >= 4 is 17.5 Å². The fourth-order valence-corrected chi connectivity index (χ4v) is 4.15. The smallest absolute Gasteiger partial charge is 0.220 e. The molecule has 0 atom stereocenters. The van der Waals surface area contributed by atoms with Crippen molar-refractivity contribution in [2.24, 2.45) is 0 Å². The third-order valence-electron chi connectivity index (χ3n) is 5.94. The number of rotatable bonds is 10. The highest BCUT2D eigenvalue weighted by molar-refractivity contribution is 6.30. The van der Waals surface area contributed by atoms with E-state index in [1.807, 2.05) is 72.8 Å². The summed E-state index contributed by atoms with van der Waals surface area (Å²) in [6.07, 6.45) is 1.80. The van der Waals surface area contributed by atoms with Gasteiger partial charge < -0.3 is 19.4 Å². The Bertz CT molecular complexity index is 1250. The number of carbonyl (C=O) groups excluding carboxylic acids is 1. The van der Waals surface area contributed by atoms with Crippen molar-refractivity contribution < 1.29 is 14.3 Å². The van der Waals surface area contributed by atoms with Crippen LogP contribution in [0.25, 0.3) is 16.9 Å². The molecule has 1 N–H and O–H groups in total. The highest BCUT2D eigenvalue weighted by Gasteiger charge is 2.14. The van der Waals surface area contributed by atoms with Crippen LogP contribution in [0.2, 0.25) is 5.02 Å². The van der Waals surface area contributed by atoms with Gasteiger partial charge in [0.1, 0.15) is 11.5 Å². The maximum Gasteiger partial charge on any atom is 0.220 e. The lowest BCUT2D eigenvalue weighted by atomic mass is 10.1. The van der Waals surface area contributed by atoms with Gasteiger partial charge in [0.25, 0.3) is 0 Å². The van der Waals surface area contributed by atoms with E-state index in [1.165, 1.54) is 0 Å². The summed E-state index contributed by atoms with van der Waals surface area (Å²) in [5, 5.41) is 3.74. The lowest BCUT2D eigenvalue weighted by Gasteiger charge is -2.15. The van der Waals surface area contributed by atoms with Crippen LogP contribution in [0.3, 0.4) is 0 Å². The van der Waals surface area contributed by atoms with Crippen molar-refractivity contribution in [3.8, 4) is 28.4 Å². The maximum atomic E-state index is 12.6. The summed E-state index contributed by atoms with van der Waals surface area (Å²) in [4.78, 5) is 12.6. The first-order chi connectivity index (χ1) is 17.1. The Kier molecular flexibility index (Phi) is 8.11. The molecular formula is C29H29ClN2O3. The Morgan fingerprint density at radius 1 is 0.800 bits per heavy atom. The molecular weight excluding hydrogens is 460 g/mol. The Balaban J connectivity index is 1.45. The number of benzene rings is 3. The van der Waals surface area contributed by atoms with Crippen molar-refractivity contribution in [1.82, 2.24) is 9.88 Å². The largest absolute Gasteiger partial charge is 0.497 e. The zero-order chi connectivity index (χ0) is 24.6. The predicted molar refractivity (Wildman–Crippen MR) is 141 cm³/mol. The summed E-state index contributed by atoms with van der Waals surface area (Å²) in [7, 11) is 3.31. The molecule has 0 radical (unpaired) electrons. The lowest BCUT2D eigenvalue weighted by Crippen LogP contribution is -2.26. The molecule has 0 aliphatic heterocycles. The van der Waals surface area contributed by atoms with Crippen LogP contribution in [-0.2, 0) is 17.6 Å². The van der Waals surface area contributed by atoms with Gasteiger partial charge in [0.05, 0.1) is 19.9 Å². The minimum absolute atomic E-state index is 0.0361. The van der Waals surface area contributed by atoms with E-state index < -0.39 is 0 Å². The number of methoxy groups -OCH3 is 2. The third kappa shape index (κ3) is 6.25. The second-order valence-corrected chi connectivity index (χ2v) is 8.63. The number of hydrogen-bond donors (Lipinski definition) is 1. The molecule has 0 aliphatic rings. The molecule has 4 aromatic rings. The van der Waals surface area contributed by atoms with Gasteiger partial charge in [-0.25, -0.2) is 0 Å². The normalized spacial score (nSPS) is 10.7. The maximum absolute atomic E-state index is 12.6. The van der Waals surface area contributed by atoms with Crippen LogP contribution in [0.1, 0.15) is 17.7 Å². The Morgan fingerprint density at radius 2 is 1.43 bits per heavy atom. The molecule has 35 heavy (non-hydrogen) atoms. The van der Waals surface area contributed by atoms with Gasteiger partial charge in [-0.2, -0.15) is 0 Å². The molecule has 0 bridgehead atoms. The van der Waals surface area contributed by atoms with Gasteiger partial charge in [0.2, 0.25) is 5.91 Å². The standard InChI is InChI=1S/C29H29ClN2O3/c1-34-26-13-3-21(4-14-26)19-20-31-29(33)18-12-25-11-17-28(22-5-7-23(30)8-6-22)32(25)24-9-15-27(35-2)16-10-24/h3-11,13-17H,12,18-20H2,1-2H3,(H,31,33). The molecule has 180 valence electrons. The van der Waals surface area contributed by atoms with Crippen LogP contribution in [0.5, 0.6) is 11.5 Å². The van der Waals surface area contributed by atoms with E-state index in [0.717, 1.165) is 46.1 Å². The Labute approximate surface area is 211 Å². The molecule has 1 aromatic heterocycles. The molecule has 1 amide bonds. The molecule has 0 saturated heterocycles. The zero-order valence-electron chi connectivity index (χ0n) is 20.0. The summed E-state index contributed by atoms with van der Waals surface area (Å²) in [5.74, 6) is 1.66. The lowest BCUT2D eigenvalue weighted by molar-refractivity contribution is -0.121. The highest BCUT2D eigenvalue weighted by Crippen LogP contribution is 2.29. The van der Waals surface area contributed by atoms with Crippen LogP contribution < -0.4 is 14.8 Å². The third-order valence-corrected chi connectivity index (χ3v) is 6.19. The number of aromatic nitrogens is 1. The summed E-state index contributed by atoms with van der Waals surface area (Å²) < 4.78 is 12.7. The first-order valence-electron chi connectivity index (χ1n) is 11.6. The Hall–Kier alpha value is -3.70. The minimum Gasteiger partial charge on any atom is -0.497 e. The number of aryl methyl sites for hydroxylation is 1. The molecule has 0 spiro atoms. The molecule has 0 unspecified atom stereocenters. The van der Waals surface area contributed by atoms with E-state index in [4.69, 9.17) is 21.1 Å². The van der Waals surface area contributed by atoms with E-state index in [2.05, 4.69) is 22.0 Å². The molecule has 1 heterocycles. The number of carbonyl (C=O) groups is 1. The van der Waals surface area contributed by atoms with Gasteiger partial charge in [-0.05, 0) is 84.6 Å². The Morgan fingerprint density at radius 3 is 2.06 bits per heavy atom. The van der Waals surface area contributed by atoms with Crippen molar-refractivity contribution in [2.75, 3.05) is 20.8 Å². The van der Waals surface area contributed by atoms with E-state index in [9.17, 15) is 4.79 Å². The van der Waals surface area contributed by atoms with Crippen molar-refractivity contribution in [3.63, 3.8) is 0 Å². The van der Waals surface area contributed by atoms with Crippen LogP contribution in [0.15, 0.2) is 84.9 Å². The summed E-state index contributed by atoms with van der Waals surface area (Å²) in [5.41, 5.74) is 5.33. The zero-order valence-corrected chi connectivity index (χ0v) is 20.7. The molecule has 0 saturated carbocycles. The van der Waals surface area contributed by atoms with E-state index in [0.29, 0.717) is 24.4 Å².